The van der Waals surface area contributed by atoms with Crippen LogP contribution < -0.4 is 5.32 Å². The van der Waals surface area contributed by atoms with E-state index < -0.39 is 0 Å². The second kappa shape index (κ2) is 4.19. The SMILES string of the molecule is Cc1cnc(NCc2cccs2)nc1. The maximum atomic E-state index is 4.16. The van der Waals surface area contributed by atoms with Gasteiger partial charge in [0.15, 0.2) is 0 Å². The zero-order valence-electron chi connectivity index (χ0n) is 7.90. The molecule has 0 unspecified atom stereocenters. The lowest BCUT2D eigenvalue weighted by Crippen LogP contribution is -2.01. The van der Waals surface area contributed by atoms with Crippen LogP contribution in [0.25, 0.3) is 0 Å². The molecule has 0 aliphatic heterocycles. The molecule has 2 rings (SSSR count). The molecule has 0 aliphatic rings. The van der Waals surface area contributed by atoms with Crippen molar-refractivity contribution in [3.8, 4) is 0 Å². The predicted octanol–water partition coefficient (Wildman–Crippen LogP) is 2.46. The van der Waals surface area contributed by atoms with Crippen molar-refractivity contribution in [1.29, 1.82) is 0 Å². The first-order valence-corrected chi connectivity index (χ1v) is 5.27. The van der Waals surface area contributed by atoms with Crippen LogP contribution in [0, 0.1) is 6.92 Å². The lowest BCUT2D eigenvalue weighted by Gasteiger charge is -2.01. The summed E-state index contributed by atoms with van der Waals surface area (Å²) in [4.78, 5) is 9.61. The van der Waals surface area contributed by atoms with Gasteiger partial charge in [-0.25, -0.2) is 9.97 Å². The third kappa shape index (κ3) is 2.29. The standard InChI is InChI=1S/C10H11N3S/c1-8-5-11-10(12-6-8)13-7-9-3-2-4-14-9/h2-6H,7H2,1H3,(H,11,12,13). The quantitative estimate of drug-likeness (QED) is 0.836. The van der Waals surface area contributed by atoms with Crippen molar-refractivity contribution in [2.24, 2.45) is 0 Å². The van der Waals surface area contributed by atoms with Crippen LogP contribution in [-0.2, 0) is 6.54 Å². The van der Waals surface area contributed by atoms with Crippen molar-refractivity contribution in [2.75, 3.05) is 5.32 Å². The number of hydrogen-bond donors (Lipinski definition) is 1. The summed E-state index contributed by atoms with van der Waals surface area (Å²) in [5.41, 5.74) is 1.08. The fourth-order valence-electron chi connectivity index (χ4n) is 1.06. The van der Waals surface area contributed by atoms with E-state index in [2.05, 4.69) is 26.7 Å². The summed E-state index contributed by atoms with van der Waals surface area (Å²) >= 11 is 1.73. The van der Waals surface area contributed by atoms with E-state index >= 15 is 0 Å². The Hall–Kier alpha value is -1.42. The highest BCUT2D eigenvalue weighted by atomic mass is 32.1. The normalized spacial score (nSPS) is 10.1. The van der Waals surface area contributed by atoms with E-state index in [1.807, 2.05) is 25.4 Å². The number of nitrogens with one attached hydrogen (secondary N) is 1. The zero-order valence-corrected chi connectivity index (χ0v) is 8.71. The molecule has 2 aromatic heterocycles. The van der Waals surface area contributed by atoms with Crippen LogP contribution in [0.1, 0.15) is 10.4 Å². The molecule has 2 heterocycles. The number of aryl methyl sites for hydroxylation is 1. The number of nitrogens with zero attached hydrogens (tertiary/aromatic N) is 2. The largest absolute Gasteiger partial charge is 0.349 e. The van der Waals surface area contributed by atoms with Crippen molar-refractivity contribution in [3.63, 3.8) is 0 Å². The minimum Gasteiger partial charge on any atom is -0.349 e. The van der Waals surface area contributed by atoms with Crippen molar-refractivity contribution in [2.45, 2.75) is 13.5 Å². The topological polar surface area (TPSA) is 37.8 Å². The number of rotatable bonds is 3. The Labute approximate surface area is 86.8 Å². The molecule has 4 heteroatoms. The Balaban J connectivity index is 1.95. The van der Waals surface area contributed by atoms with Crippen LogP contribution >= 0.6 is 11.3 Å². The maximum absolute atomic E-state index is 4.16. The average Bonchev–Trinajstić information content (AvgIpc) is 2.70. The van der Waals surface area contributed by atoms with E-state index in [4.69, 9.17) is 0 Å². The summed E-state index contributed by atoms with van der Waals surface area (Å²) in [6, 6.07) is 4.13. The molecule has 0 bridgehead atoms. The monoisotopic (exact) mass is 205 g/mol. The third-order valence-electron chi connectivity index (χ3n) is 1.78. The summed E-state index contributed by atoms with van der Waals surface area (Å²) < 4.78 is 0. The third-order valence-corrected chi connectivity index (χ3v) is 2.66. The van der Waals surface area contributed by atoms with Gasteiger partial charge in [0, 0.05) is 17.3 Å². The van der Waals surface area contributed by atoms with Gasteiger partial charge in [0.1, 0.15) is 0 Å². The van der Waals surface area contributed by atoms with Crippen LogP contribution in [0.4, 0.5) is 5.95 Å². The lowest BCUT2D eigenvalue weighted by atomic mass is 10.4. The first kappa shape index (κ1) is 9.15. The molecular weight excluding hydrogens is 194 g/mol. The van der Waals surface area contributed by atoms with Gasteiger partial charge in [0.05, 0.1) is 6.54 Å². The molecule has 0 spiro atoms. The first-order valence-electron chi connectivity index (χ1n) is 4.39. The van der Waals surface area contributed by atoms with Crippen molar-refractivity contribution < 1.29 is 0 Å². The number of hydrogen-bond acceptors (Lipinski definition) is 4. The van der Waals surface area contributed by atoms with Gasteiger partial charge in [-0.2, -0.15) is 0 Å². The summed E-state index contributed by atoms with van der Waals surface area (Å²) in [6.07, 6.45) is 3.62. The minimum absolute atomic E-state index is 0.684. The zero-order chi connectivity index (χ0) is 9.80. The molecule has 0 amide bonds. The van der Waals surface area contributed by atoms with Gasteiger partial charge in [-0.1, -0.05) is 6.07 Å². The van der Waals surface area contributed by atoms with Gasteiger partial charge in [-0.3, -0.25) is 0 Å². The van der Waals surface area contributed by atoms with E-state index in [1.165, 1.54) is 4.88 Å². The van der Waals surface area contributed by atoms with E-state index in [0.717, 1.165) is 12.1 Å². The molecular formula is C10H11N3S. The number of anilines is 1. The Morgan fingerprint density at radius 2 is 2.14 bits per heavy atom. The molecule has 0 radical (unpaired) electrons. The van der Waals surface area contributed by atoms with Gasteiger partial charge in [0.25, 0.3) is 0 Å². The number of thiophene rings is 1. The van der Waals surface area contributed by atoms with Crippen molar-refractivity contribution in [3.05, 3.63) is 40.3 Å². The highest BCUT2D eigenvalue weighted by Gasteiger charge is 1.96. The molecule has 3 nitrogen and oxygen atoms in total. The Kier molecular flexibility index (Phi) is 2.74. The van der Waals surface area contributed by atoms with Crippen LogP contribution in [0.3, 0.4) is 0 Å². The second-order valence-corrected chi connectivity index (χ2v) is 4.05. The fraction of sp³-hybridized carbons (Fsp3) is 0.200. The first-order chi connectivity index (χ1) is 6.84. The maximum Gasteiger partial charge on any atom is 0.222 e. The molecule has 0 saturated heterocycles. The van der Waals surface area contributed by atoms with Crippen molar-refractivity contribution >= 4 is 17.3 Å². The summed E-state index contributed by atoms with van der Waals surface area (Å²) in [5.74, 6) is 0.684. The minimum atomic E-state index is 0.684. The van der Waals surface area contributed by atoms with Crippen LogP contribution in [0.5, 0.6) is 0 Å². The highest BCUT2D eigenvalue weighted by molar-refractivity contribution is 7.09. The molecule has 0 saturated carbocycles. The summed E-state index contributed by atoms with van der Waals surface area (Å²) in [5, 5.41) is 5.22. The van der Waals surface area contributed by atoms with E-state index in [-0.39, 0.29) is 0 Å². The van der Waals surface area contributed by atoms with Crippen molar-refractivity contribution in [1.82, 2.24) is 9.97 Å². The Morgan fingerprint density at radius 1 is 1.36 bits per heavy atom. The molecule has 0 fully saturated rings. The van der Waals surface area contributed by atoms with E-state index in [9.17, 15) is 0 Å². The van der Waals surface area contributed by atoms with Crippen LogP contribution in [0.2, 0.25) is 0 Å². The molecule has 0 atom stereocenters. The molecule has 1 N–H and O–H groups in total. The van der Waals surface area contributed by atoms with Gasteiger partial charge < -0.3 is 5.32 Å². The highest BCUT2D eigenvalue weighted by Crippen LogP contribution is 2.09. The molecule has 72 valence electrons. The molecule has 0 aliphatic carbocycles. The van der Waals surface area contributed by atoms with E-state index in [0.29, 0.717) is 5.95 Å². The predicted molar refractivity (Wildman–Crippen MR) is 58.4 cm³/mol. The van der Waals surface area contributed by atoms with Gasteiger partial charge in [0.2, 0.25) is 5.95 Å². The average molecular weight is 205 g/mol. The Bertz CT molecular complexity index is 380. The Morgan fingerprint density at radius 3 is 2.79 bits per heavy atom. The van der Waals surface area contributed by atoms with Crippen LogP contribution in [0.15, 0.2) is 29.9 Å². The lowest BCUT2D eigenvalue weighted by molar-refractivity contribution is 1.06. The van der Waals surface area contributed by atoms with Gasteiger partial charge in [-0.15, -0.1) is 11.3 Å². The molecule has 2 aromatic rings. The van der Waals surface area contributed by atoms with Crippen LogP contribution in [-0.4, -0.2) is 9.97 Å². The van der Waals surface area contributed by atoms with E-state index in [1.54, 1.807) is 11.3 Å². The summed E-state index contributed by atoms with van der Waals surface area (Å²) in [6.45, 7) is 2.77. The van der Waals surface area contributed by atoms with Gasteiger partial charge in [-0.05, 0) is 23.9 Å². The fourth-order valence-corrected chi connectivity index (χ4v) is 1.71. The van der Waals surface area contributed by atoms with Gasteiger partial charge >= 0.3 is 0 Å². The smallest absolute Gasteiger partial charge is 0.222 e. The summed E-state index contributed by atoms with van der Waals surface area (Å²) in [7, 11) is 0. The molecule has 0 aromatic carbocycles. The number of aromatic nitrogens is 2. The molecule has 14 heavy (non-hydrogen) atoms. The second-order valence-electron chi connectivity index (χ2n) is 3.02.